The molecule has 0 N–H and O–H groups in total. The summed E-state index contributed by atoms with van der Waals surface area (Å²) >= 11 is 0.496. The van der Waals surface area contributed by atoms with Gasteiger partial charge in [0.15, 0.2) is 0 Å². The van der Waals surface area contributed by atoms with Crippen LogP contribution >= 0.6 is 0 Å². The first-order chi connectivity index (χ1) is 6.35. The van der Waals surface area contributed by atoms with Crippen LogP contribution in [0.4, 0.5) is 0 Å². The number of aliphatic imine (C=N–C) groups is 2. The van der Waals surface area contributed by atoms with Crippen LogP contribution in [-0.4, -0.2) is 39.2 Å². The quantitative estimate of drug-likeness (QED) is 0.402. The van der Waals surface area contributed by atoms with Crippen molar-refractivity contribution in [3.05, 3.63) is 0 Å². The van der Waals surface area contributed by atoms with E-state index in [-0.39, 0.29) is 12.1 Å². The van der Waals surface area contributed by atoms with E-state index in [4.69, 9.17) is 0 Å². The second-order valence-electron chi connectivity index (χ2n) is 3.26. The van der Waals surface area contributed by atoms with Gasteiger partial charge in [0.2, 0.25) is 0 Å². The predicted octanol–water partition coefficient (Wildman–Crippen LogP) is 0.484. The second kappa shape index (κ2) is 3.57. The number of rotatable bonds is 2. The molecule has 4 atom stereocenters. The van der Waals surface area contributed by atoms with E-state index >= 15 is 0 Å². The van der Waals surface area contributed by atoms with E-state index in [1.807, 2.05) is 0 Å². The molecule has 2 aliphatic rings. The van der Waals surface area contributed by atoms with Gasteiger partial charge in [-0.3, -0.25) is 0 Å². The van der Waals surface area contributed by atoms with Crippen molar-refractivity contribution in [2.24, 2.45) is 9.98 Å². The number of nitrogens with zero attached hydrogens (tertiary/aromatic N) is 2. The van der Waals surface area contributed by atoms with Crippen molar-refractivity contribution >= 4 is 27.1 Å². The Morgan fingerprint density at radius 2 is 1.46 bits per heavy atom. The van der Waals surface area contributed by atoms with Crippen LogP contribution in [0.2, 0.25) is 9.63 Å². The molecule has 0 saturated carbocycles. The summed E-state index contributed by atoms with van der Waals surface area (Å²) in [7, 11) is 0. The molecular formula is C8H8N2O2Se. The molecule has 68 valence electrons. The molecule has 2 aliphatic heterocycles. The maximum atomic E-state index is 10.1. The molecule has 0 aromatic rings. The van der Waals surface area contributed by atoms with Gasteiger partial charge in [-0.15, -0.1) is 0 Å². The normalized spacial score (nSPS) is 40.9. The van der Waals surface area contributed by atoms with Gasteiger partial charge in [0.05, 0.1) is 0 Å². The summed E-state index contributed by atoms with van der Waals surface area (Å²) in [5.41, 5.74) is 0. The zero-order valence-corrected chi connectivity index (χ0v) is 8.56. The monoisotopic (exact) mass is 244 g/mol. The first-order valence-electron chi connectivity index (χ1n) is 4.14. The van der Waals surface area contributed by atoms with Gasteiger partial charge in [-0.25, -0.2) is 0 Å². The molecule has 2 rings (SSSR count). The van der Waals surface area contributed by atoms with Gasteiger partial charge in [0.25, 0.3) is 0 Å². The van der Waals surface area contributed by atoms with Gasteiger partial charge in [0, 0.05) is 0 Å². The molecule has 0 aromatic carbocycles. The summed E-state index contributed by atoms with van der Waals surface area (Å²) in [6, 6.07) is 0.334. The molecule has 4 unspecified atom stereocenters. The molecule has 2 heterocycles. The Kier molecular flexibility index (Phi) is 2.43. The zero-order chi connectivity index (χ0) is 9.26. The van der Waals surface area contributed by atoms with E-state index in [1.54, 1.807) is 12.2 Å². The molecule has 0 radical (unpaired) electrons. The Morgan fingerprint density at radius 3 is 1.77 bits per heavy atom. The minimum absolute atomic E-state index is 0.167. The van der Waals surface area contributed by atoms with Crippen LogP contribution in [0.1, 0.15) is 12.8 Å². The fraction of sp³-hybridized carbons (Fsp3) is 0.750. The zero-order valence-electron chi connectivity index (χ0n) is 6.84. The first kappa shape index (κ1) is 8.86. The topological polar surface area (TPSA) is 58.9 Å². The first-order valence-corrected chi connectivity index (χ1v) is 6.12. The molecule has 0 aliphatic carbocycles. The molecular weight excluding hydrogens is 235 g/mol. The number of fused-ring (bicyclic) bond motifs is 2. The van der Waals surface area contributed by atoms with Crippen LogP contribution in [0.3, 0.4) is 0 Å². The Balaban J connectivity index is 2.06. The van der Waals surface area contributed by atoms with Crippen molar-refractivity contribution in [3.63, 3.8) is 0 Å². The van der Waals surface area contributed by atoms with E-state index in [9.17, 15) is 9.59 Å². The summed E-state index contributed by atoms with van der Waals surface area (Å²) in [5, 5.41) is 0. The van der Waals surface area contributed by atoms with Gasteiger partial charge >= 0.3 is 81.2 Å². The van der Waals surface area contributed by atoms with Crippen molar-refractivity contribution in [1.82, 2.24) is 0 Å². The fourth-order valence-electron chi connectivity index (χ4n) is 2.02. The molecule has 0 spiro atoms. The van der Waals surface area contributed by atoms with E-state index in [1.165, 1.54) is 0 Å². The average Bonchev–Trinajstić information content (AvgIpc) is 2.65. The van der Waals surface area contributed by atoms with Crippen molar-refractivity contribution in [3.8, 4) is 0 Å². The summed E-state index contributed by atoms with van der Waals surface area (Å²) in [6.45, 7) is 0. The van der Waals surface area contributed by atoms with Crippen molar-refractivity contribution < 1.29 is 9.59 Å². The molecule has 4 nitrogen and oxygen atoms in total. The molecule has 5 heteroatoms. The second-order valence-corrected chi connectivity index (χ2v) is 6.37. The molecule has 0 aromatic heterocycles. The van der Waals surface area contributed by atoms with E-state index < -0.39 is 0 Å². The van der Waals surface area contributed by atoms with Gasteiger partial charge in [-0.05, 0) is 0 Å². The molecule has 2 fully saturated rings. The summed E-state index contributed by atoms with van der Waals surface area (Å²) in [5.74, 6) is 0. The van der Waals surface area contributed by atoms with Gasteiger partial charge < -0.3 is 0 Å². The molecule has 13 heavy (non-hydrogen) atoms. The predicted molar refractivity (Wildman–Crippen MR) is 46.3 cm³/mol. The van der Waals surface area contributed by atoms with Gasteiger partial charge in [-0.1, -0.05) is 0 Å². The third-order valence-electron chi connectivity index (χ3n) is 2.59. The number of isocyanates is 2. The summed E-state index contributed by atoms with van der Waals surface area (Å²) in [6.07, 6.45) is 5.06. The van der Waals surface area contributed by atoms with E-state index in [2.05, 4.69) is 9.98 Å². The van der Waals surface area contributed by atoms with Crippen LogP contribution in [0.5, 0.6) is 0 Å². The standard InChI is InChI=1S/C8H8N2O2Se/c11-3-9-5-1-7-6(10-4-12)2-8(5)13-7/h5-8H,1-2H2. The third-order valence-corrected chi connectivity index (χ3v) is 6.19. The van der Waals surface area contributed by atoms with E-state index in [0.717, 1.165) is 12.8 Å². The van der Waals surface area contributed by atoms with Crippen molar-refractivity contribution in [2.45, 2.75) is 34.6 Å². The third kappa shape index (κ3) is 1.52. The Labute approximate surface area is 81.7 Å². The van der Waals surface area contributed by atoms with Gasteiger partial charge in [0.1, 0.15) is 0 Å². The Bertz CT molecular complexity index is 277. The maximum absolute atomic E-state index is 10.1. The van der Waals surface area contributed by atoms with Crippen molar-refractivity contribution in [2.75, 3.05) is 0 Å². The number of hydrogen-bond acceptors (Lipinski definition) is 4. The van der Waals surface area contributed by atoms with Crippen LogP contribution in [0.15, 0.2) is 9.98 Å². The van der Waals surface area contributed by atoms with Crippen LogP contribution in [-0.2, 0) is 9.59 Å². The minimum atomic E-state index is 0.167. The Hall–Kier alpha value is -0.721. The number of hydrogen-bond donors (Lipinski definition) is 0. The van der Waals surface area contributed by atoms with Crippen LogP contribution < -0.4 is 0 Å². The van der Waals surface area contributed by atoms with Gasteiger partial charge in [-0.2, -0.15) is 0 Å². The number of carbonyl (C=O) groups excluding carboxylic acids is 2. The SMILES string of the molecule is O=C=NC1CC2[Se]C1CC2N=C=O. The summed E-state index contributed by atoms with van der Waals surface area (Å²) < 4.78 is 0. The molecule has 2 bridgehead atoms. The van der Waals surface area contributed by atoms with Crippen molar-refractivity contribution in [1.29, 1.82) is 0 Å². The average molecular weight is 243 g/mol. The molecule has 2 saturated heterocycles. The fourth-order valence-corrected chi connectivity index (χ4v) is 5.74. The van der Waals surface area contributed by atoms with Crippen LogP contribution in [0.25, 0.3) is 0 Å². The van der Waals surface area contributed by atoms with E-state index in [0.29, 0.717) is 24.6 Å². The molecule has 0 amide bonds. The Morgan fingerprint density at radius 1 is 1.00 bits per heavy atom. The summed E-state index contributed by atoms with van der Waals surface area (Å²) in [4.78, 5) is 28.7. The van der Waals surface area contributed by atoms with Crippen LogP contribution in [0, 0.1) is 0 Å².